The van der Waals surface area contributed by atoms with Gasteiger partial charge in [-0.2, -0.15) is 14.4 Å². The summed E-state index contributed by atoms with van der Waals surface area (Å²) >= 11 is 0. The molecule has 0 aliphatic carbocycles. The van der Waals surface area contributed by atoms with Gasteiger partial charge in [0.15, 0.2) is 0 Å². The molecule has 3 heterocycles. The van der Waals surface area contributed by atoms with Crippen LogP contribution in [-0.4, -0.2) is 63.1 Å². The quantitative estimate of drug-likeness (QED) is 0.788. The van der Waals surface area contributed by atoms with E-state index in [2.05, 4.69) is 20.4 Å². The summed E-state index contributed by atoms with van der Waals surface area (Å²) in [5, 5.41) is 6.79. The normalized spacial score (nSPS) is 18.9. The number of nitrogens with one attached hydrogen (secondary N) is 1. The molecule has 1 aliphatic heterocycles. The molecule has 148 valence electrons. The molecule has 1 aliphatic rings. The van der Waals surface area contributed by atoms with Gasteiger partial charge in [-0.25, -0.2) is 17.9 Å². The van der Waals surface area contributed by atoms with E-state index in [1.165, 1.54) is 6.33 Å². The van der Waals surface area contributed by atoms with Crippen molar-refractivity contribution in [3.63, 3.8) is 0 Å². The fourth-order valence-electron chi connectivity index (χ4n) is 3.35. The van der Waals surface area contributed by atoms with E-state index in [9.17, 15) is 13.2 Å². The third-order valence-corrected chi connectivity index (χ3v) is 6.83. The molecule has 3 rings (SSSR count). The van der Waals surface area contributed by atoms with Crippen LogP contribution in [0, 0.1) is 0 Å². The summed E-state index contributed by atoms with van der Waals surface area (Å²) in [4.78, 5) is 20.7. The molecule has 0 radical (unpaired) electrons. The Bertz CT molecular complexity index is 924. The van der Waals surface area contributed by atoms with E-state index in [0.29, 0.717) is 12.3 Å². The second-order valence-corrected chi connectivity index (χ2v) is 9.26. The molecule has 9 nitrogen and oxygen atoms in total. The number of carbonyl (C=O) groups is 1. The van der Waals surface area contributed by atoms with Crippen molar-refractivity contribution in [2.75, 3.05) is 18.8 Å². The van der Waals surface area contributed by atoms with Crippen LogP contribution in [0.5, 0.6) is 0 Å². The van der Waals surface area contributed by atoms with Crippen molar-refractivity contribution in [1.29, 1.82) is 0 Å². The molecule has 27 heavy (non-hydrogen) atoms. The smallest absolute Gasteiger partial charge is 0.270 e. The molecular formula is C17H26N6O3S. The van der Waals surface area contributed by atoms with Gasteiger partial charge in [0.05, 0.1) is 11.4 Å². The number of hydrogen-bond acceptors (Lipinski definition) is 6. The van der Waals surface area contributed by atoms with E-state index in [4.69, 9.17) is 0 Å². The highest BCUT2D eigenvalue weighted by atomic mass is 32.2. The van der Waals surface area contributed by atoms with Crippen LogP contribution in [0.2, 0.25) is 0 Å². The fraction of sp³-hybridized carbons (Fsp3) is 0.647. The molecule has 0 unspecified atom stereocenters. The van der Waals surface area contributed by atoms with E-state index in [0.717, 1.165) is 25.0 Å². The number of piperidine rings is 1. The van der Waals surface area contributed by atoms with Gasteiger partial charge in [-0.3, -0.25) is 4.79 Å². The Kier molecular flexibility index (Phi) is 5.75. The van der Waals surface area contributed by atoms with Gasteiger partial charge in [-0.15, -0.1) is 0 Å². The summed E-state index contributed by atoms with van der Waals surface area (Å²) in [6.07, 6.45) is 4.21. The minimum atomic E-state index is -3.39. The van der Waals surface area contributed by atoms with Crippen LogP contribution in [-0.2, 0) is 10.0 Å². The number of rotatable bonds is 6. The lowest BCUT2D eigenvalue weighted by Crippen LogP contribution is -2.45. The summed E-state index contributed by atoms with van der Waals surface area (Å²) in [6, 6.07) is 1.69. The van der Waals surface area contributed by atoms with Gasteiger partial charge >= 0.3 is 0 Å². The fourth-order valence-corrected chi connectivity index (χ4v) is 5.00. The van der Waals surface area contributed by atoms with Gasteiger partial charge in [0, 0.05) is 19.1 Å². The summed E-state index contributed by atoms with van der Waals surface area (Å²) in [7, 11) is -3.39. The van der Waals surface area contributed by atoms with Crippen molar-refractivity contribution >= 4 is 21.7 Å². The van der Waals surface area contributed by atoms with E-state index in [1.54, 1.807) is 14.9 Å². The summed E-state index contributed by atoms with van der Waals surface area (Å²) in [5.41, 5.74) is 1.03. The average Bonchev–Trinajstić information content (AvgIpc) is 3.09. The summed E-state index contributed by atoms with van der Waals surface area (Å²) in [6.45, 7) is 6.51. The Morgan fingerprint density at radius 3 is 2.85 bits per heavy atom. The Morgan fingerprint density at radius 2 is 2.15 bits per heavy atom. The van der Waals surface area contributed by atoms with Gasteiger partial charge in [0.1, 0.15) is 12.0 Å². The Labute approximate surface area is 159 Å². The van der Waals surface area contributed by atoms with Crippen LogP contribution in [0.3, 0.4) is 0 Å². The van der Waals surface area contributed by atoms with Gasteiger partial charge < -0.3 is 5.32 Å². The number of aromatic nitrogens is 4. The molecule has 10 heteroatoms. The third-order valence-electron chi connectivity index (χ3n) is 4.85. The maximum absolute atomic E-state index is 12.5. The maximum Gasteiger partial charge on any atom is 0.270 e. The molecule has 1 saturated heterocycles. The van der Waals surface area contributed by atoms with Crippen LogP contribution in [0.15, 0.2) is 12.4 Å². The molecule has 0 aromatic carbocycles. The van der Waals surface area contributed by atoms with Gasteiger partial charge in [0.25, 0.3) is 11.7 Å². The lowest BCUT2D eigenvalue weighted by molar-refractivity contribution is 0.0951. The Balaban J connectivity index is 1.66. The topological polar surface area (TPSA) is 110 Å². The highest BCUT2D eigenvalue weighted by molar-refractivity contribution is 7.89. The second kappa shape index (κ2) is 7.89. The largest absolute Gasteiger partial charge is 0.350 e. The number of amides is 1. The minimum Gasteiger partial charge on any atom is -0.350 e. The first-order valence-corrected chi connectivity index (χ1v) is 10.9. The summed E-state index contributed by atoms with van der Waals surface area (Å²) in [5.74, 6) is -0.0528. The van der Waals surface area contributed by atoms with E-state index in [-0.39, 0.29) is 30.0 Å². The zero-order valence-electron chi connectivity index (χ0n) is 15.9. The molecule has 0 spiro atoms. The average molecular weight is 395 g/mol. The predicted molar refractivity (Wildman–Crippen MR) is 101 cm³/mol. The number of sulfonamides is 1. The first-order chi connectivity index (χ1) is 12.8. The molecule has 0 bridgehead atoms. The van der Waals surface area contributed by atoms with Crippen LogP contribution in [0.1, 0.15) is 62.1 Å². The van der Waals surface area contributed by atoms with Gasteiger partial charge in [-0.1, -0.05) is 20.3 Å². The highest BCUT2D eigenvalue weighted by Gasteiger charge is 2.29. The molecular weight excluding hydrogens is 368 g/mol. The highest BCUT2D eigenvalue weighted by Crippen LogP contribution is 2.20. The number of hydrogen-bond donors (Lipinski definition) is 1. The zero-order chi connectivity index (χ0) is 19.6. The first kappa shape index (κ1) is 19.7. The molecule has 1 atom stereocenters. The molecule has 2 aromatic heterocycles. The predicted octanol–water partition coefficient (Wildman–Crippen LogP) is 1.18. The van der Waals surface area contributed by atoms with Crippen molar-refractivity contribution < 1.29 is 13.2 Å². The van der Waals surface area contributed by atoms with Gasteiger partial charge in [0.2, 0.25) is 10.0 Å². The molecule has 2 aromatic rings. The first-order valence-electron chi connectivity index (χ1n) is 9.28. The molecule has 1 fully saturated rings. The van der Waals surface area contributed by atoms with E-state index < -0.39 is 15.9 Å². The van der Waals surface area contributed by atoms with E-state index >= 15 is 0 Å². The zero-order valence-corrected chi connectivity index (χ0v) is 16.7. The monoisotopic (exact) mass is 394 g/mol. The van der Waals surface area contributed by atoms with Crippen molar-refractivity contribution in [3.8, 4) is 0 Å². The van der Waals surface area contributed by atoms with Crippen molar-refractivity contribution in [2.24, 2.45) is 0 Å². The number of fused-ring (bicyclic) bond motifs is 1. The lowest BCUT2D eigenvalue weighted by atomic mass is 10.1. The van der Waals surface area contributed by atoms with Crippen LogP contribution >= 0.6 is 0 Å². The van der Waals surface area contributed by atoms with Crippen molar-refractivity contribution in [3.05, 3.63) is 23.8 Å². The standard InChI is InChI=1S/C17H26N6O3S/c1-12(2)15-10-14(21-17-19-11-20-23(15)17)16(24)18-7-9-27(25,26)22-8-5-4-6-13(22)3/h10-13H,4-9H2,1-3H3,(H,18,24)/t13-/m1/s1. The molecule has 1 N–H and O–H groups in total. The molecule has 1 amide bonds. The van der Waals surface area contributed by atoms with Crippen LogP contribution < -0.4 is 5.32 Å². The van der Waals surface area contributed by atoms with E-state index in [1.807, 2.05) is 20.8 Å². The van der Waals surface area contributed by atoms with Crippen LogP contribution in [0.25, 0.3) is 5.78 Å². The number of nitrogens with zero attached hydrogens (tertiary/aromatic N) is 5. The Morgan fingerprint density at radius 1 is 1.37 bits per heavy atom. The van der Waals surface area contributed by atoms with Gasteiger partial charge in [-0.05, 0) is 31.7 Å². The van der Waals surface area contributed by atoms with Crippen molar-refractivity contribution in [2.45, 2.75) is 52.0 Å². The third kappa shape index (κ3) is 4.27. The SMILES string of the molecule is CC(C)c1cc(C(=O)NCCS(=O)(=O)N2CCCC[C@H]2C)nc2ncnn12. The van der Waals surface area contributed by atoms with Crippen LogP contribution in [0.4, 0.5) is 0 Å². The number of carbonyl (C=O) groups excluding carboxylic acids is 1. The minimum absolute atomic E-state index is 0.0186. The lowest BCUT2D eigenvalue weighted by Gasteiger charge is -2.32. The summed E-state index contributed by atoms with van der Waals surface area (Å²) < 4.78 is 28.2. The second-order valence-electron chi connectivity index (χ2n) is 7.22. The maximum atomic E-state index is 12.5. The molecule has 0 saturated carbocycles. The van der Waals surface area contributed by atoms with Crippen molar-refractivity contribution in [1.82, 2.24) is 29.2 Å². The Hall–Kier alpha value is -2.07.